The van der Waals surface area contributed by atoms with E-state index in [9.17, 15) is 0 Å². The Morgan fingerprint density at radius 3 is 2.71 bits per heavy atom. The second kappa shape index (κ2) is 5.76. The van der Waals surface area contributed by atoms with E-state index in [2.05, 4.69) is 42.0 Å². The van der Waals surface area contributed by atoms with Gasteiger partial charge in [0.25, 0.3) is 0 Å². The van der Waals surface area contributed by atoms with Crippen LogP contribution in [-0.4, -0.2) is 29.1 Å². The molecule has 0 amide bonds. The molecule has 0 aromatic carbocycles. The molecule has 0 spiro atoms. The normalized spacial score (nSPS) is 19.6. The number of nitrogens with zero attached hydrogens (tertiary/aromatic N) is 3. The van der Waals surface area contributed by atoms with Crippen molar-refractivity contribution in [3.63, 3.8) is 0 Å². The lowest BCUT2D eigenvalue weighted by Gasteiger charge is -2.32. The second-order valence-electron chi connectivity index (χ2n) is 7.20. The summed E-state index contributed by atoms with van der Waals surface area (Å²) < 4.78 is 0. The van der Waals surface area contributed by atoms with E-state index in [-0.39, 0.29) is 5.41 Å². The van der Waals surface area contributed by atoms with Crippen molar-refractivity contribution in [3.05, 3.63) is 29.7 Å². The number of hydrogen-bond acceptors (Lipinski definition) is 4. The summed E-state index contributed by atoms with van der Waals surface area (Å²) in [6, 6.07) is 0.711. The Labute approximate surface area is 127 Å². The third kappa shape index (κ3) is 3.82. The molecule has 1 saturated carbocycles. The second-order valence-corrected chi connectivity index (χ2v) is 7.20. The van der Waals surface area contributed by atoms with E-state index in [1.165, 1.54) is 12.8 Å². The summed E-state index contributed by atoms with van der Waals surface area (Å²) in [4.78, 5) is 11.4. The van der Waals surface area contributed by atoms with Crippen molar-refractivity contribution in [2.75, 3.05) is 18.0 Å². The fourth-order valence-corrected chi connectivity index (χ4v) is 2.73. The van der Waals surface area contributed by atoms with Gasteiger partial charge in [0.1, 0.15) is 5.82 Å². The molecule has 0 bridgehead atoms. The molecule has 0 atom stereocenters. The van der Waals surface area contributed by atoms with Crippen LogP contribution in [0.1, 0.15) is 45.7 Å². The average molecular weight is 286 g/mol. The first kappa shape index (κ1) is 14.5. The Kier molecular flexibility index (Phi) is 3.98. The van der Waals surface area contributed by atoms with Gasteiger partial charge >= 0.3 is 0 Å². The van der Waals surface area contributed by atoms with Gasteiger partial charge in [-0.05, 0) is 24.7 Å². The minimum Gasteiger partial charge on any atom is -0.351 e. The van der Waals surface area contributed by atoms with Gasteiger partial charge in [0, 0.05) is 31.9 Å². The minimum absolute atomic E-state index is 0.286. The molecule has 21 heavy (non-hydrogen) atoms. The van der Waals surface area contributed by atoms with Crippen LogP contribution >= 0.6 is 0 Å². The third-order valence-electron chi connectivity index (χ3n) is 4.32. The van der Waals surface area contributed by atoms with E-state index in [4.69, 9.17) is 4.98 Å². The van der Waals surface area contributed by atoms with Crippen molar-refractivity contribution < 1.29 is 0 Å². The van der Waals surface area contributed by atoms with E-state index in [0.29, 0.717) is 6.04 Å². The molecule has 4 heteroatoms. The smallest absolute Gasteiger partial charge is 0.147 e. The number of hydrogen-bond donors (Lipinski definition) is 1. The molecule has 1 aliphatic carbocycles. The predicted octanol–water partition coefficient (Wildman–Crippen LogP) is 2.91. The molecule has 1 aromatic rings. The monoisotopic (exact) mass is 286 g/mol. The highest BCUT2D eigenvalue weighted by molar-refractivity contribution is 5.40. The van der Waals surface area contributed by atoms with Crippen molar-refractivity contribution in [2.45, 2.75) is 52.6 Å². The van der Waals surface area contributed by atoms with Crippen molar-refractivity contribution in [1.82, 2.24) is 15.3 Å². The minimum atomic E-state index is 0.286. The number of rotatable bonds is 4. The molecule has 0 unspecified atom stereocenters. The van der Waals surface area contributed by atoms with E-state index in [1.807, 2.05) is 12.4 Å². The van der Waals surface area contributed by atoms with Crippen molar-refractivity contribution in [2.24, 2.45) is 5.41 Å². The molecular formula is C17H26N4. The summed E-state index contributed by atoms with van der Waals surface area (Å²) in [5, 5.41) is 3.50. The maximum atomic E-state index is 4.76. The van der Waals surface area contributed by atoms with Crippen LogP contribution in [0.15, 0.2) is 24.0 Å². The zero-order valence-electron chi connectivity index (χ0n) is 13.4. The van der Waals surface area contributed by atoms with Gasteiger partial charge < -0.3 is 10.2 Å². The largest absolute Gasteiger partial charge is 0.351 e. The molecule has 0 radical (unpaired) electrons. The van der Waals surface area contributed by atoms with Gasteiger partial charge in [-0.15, -0.1) is 0 Å². The van der Waals surface area contributed by atoms with Gasteiger partial charge in [0.2, 0.25) is 0 Å². The van der Waals surface area contributed by atoms with Crippen LogP contribution in [0.2, 0.25) is 0 Å². The van der Waals surface area contributed by atoms with Crippen LogP contribution in [0.4, 0.5) is 5.82 Å². The SMILES string of the molecule is CC(C)(C)C1=CCN(c2cncc(CNC3CC3)n2)CC1. The molecule has 2 heterocycles. The molecule has 1 aliphatic heterocycles. The lowest BCUT2D eigenvalue weighted by molar-refractivity contribution is 0.472. The third-order valence-corrected chi connectivity index (χ3v) is 4.32. The molecule has 0 saturated heterocycles. The quantitative estimate of drug-likeness (QED) is 0.864. The highest BCUT2D eigenvalue weighted by Gasteiger charge is 2.23. The highest BCUT2D eigenvalue weighted by Crippen LogP contribution is 2.31. The summed E-state index contributed by atoms with van der Waals surface area (Å²) in [5.74, 6) is 1.01. The van der Waals surface area contributed by atoms with Gasteiger partial charge in [0.05, 0.1) is 11.9 Å². The van der Waals surface area contributed by atoms with Crippen LogP contribution in [0, 0.1) is 5.41 Å². The Bertz CT molecular complexity index is 526. The van der Waals surface area contributed by atoms with Crippen molar-refractivity contribution in [3.8, 4) is 0 Å². The van der Waals surface area contributed by atoms with Gasteiger partial charge in [0.15, 0.2) is 0 Å². The summed E-state index contributed by atoms with van der Waals surface area (Å²) in [7, 11) is 0. The Balaban J connectivity index is 1.64. The molecule has 114 valence electrons. The number of nitrogens with one attached hydrogen (secondary N) is 1. The fourth-order valence-electron chi connectivity index (χ4n) is 2.73. The molecule has 3 rings (SSSR count). The summed E-state index contributed by atoms with van der Waals surface area (Å²) in [5.41, 5.74) is 2.89. The van der Waals surface area contributed by atoms with Crippen LogP contribution < -0.4 is 10.2 Å². The molecule has 1 fully saturated rings. The Morgan fingerprint density at radius 1 is 1.29 bits per heavy atom. The van der Waals surface area contributed by atoms with Gasteiger partial charge in [-0.1, -0.05) is 32.4 Å². The molecule has 4 nitrogen and oxygen atoms in total. The van der Waals surface area contributed by atoms with E-state index in [1.54, 1.807) is 5.57 Å². The van der Waals surface area contributed by atoms with E-state index >= 15 is 0 Å². The zero-order valence-corrected chi connectivity index (χ0v) is 13.4. The number of aromatic nitrogens is 2. The molecular weight excluding hydrogens is 260 g/mol. The lowest BCUT2D eigenvalue weighted by atomic mass is 9.83. The van der Waals surface area contributed by atoms with Crippen LogP contribution in [0.25, 0.3) is 0 Å². The first-order valence-electron chi connectivity index (χ1n) is 8.01. The summed E-state index contributed by atoms with van der Waals surface area (Å²) >= 11 is 0. The van der Waals surface area contributed by atoms with Crippen LogP contribution in [0.3, 0.4) is 0 Å². The summed E-state index contributed by atoms with van der Waals surface area (Å²) in [6.07, 6.45) is 9.85. The highest BCUT2D eigenvalue weighted by atomic mass is 15.2. The Morgan fingerprint density at radius 2 is 2.10 bits per heavy atom. The molecule has 1 N–H and O–H groups in total. The predicted molar refractivity (Wildman–Crippen MR) is 86.3 cm³/mol. The average Bonchev–Trinajstić information content (AvgIpc) is 3.29. The fraction of sp³-hybridized carbons (Fsp3) is 0.647. The number of anilines is 1. The van der Waals surface area contributed by atoms with Crippen molar-refractivity contribution >= 4 is 5.82 Å². The molecule has 2 aliphatic rings. The van der Waals surface area contributed by atoms with Gasteiger partial charge in [-0.25, -0.2) is 4.98 Å². The maximum absolute atomic E-state index is 4.76. The Hall–Kier alpha value is -1.42. The first-order valence-corrected chi connectivity index (χ1v) is 8.01. The first-order chi connectivity index (χ1) is 10.0. The van der Waals surface area contributed by atoms with Crippen molar-refractivity contribution in [1.29, 1.82) is 0 Å². The van der Waals surface area contributed by atoms with E-state index in [0.717, 1.165) is 37.6 Å². The topological polar surface area (TPSA) is 41.1 Å². The van der Waals surface area contributed by atoms with E-state index < -0.39 is 0 Å². The van der Waals surface area contributed by atoms with Crippen LogP contribution in [-0.2, 0) is 6.54 Å². The molecule has 1 aromatic heterocycles. The van der Waals surface area contributed by atoms with Crippen LogP contribution in [0.5, 0.6) is 0 Å². The standard InChI is InChI=1S/C17H26N4/c1-17(2,3)13-6-8-21(9-7-13)16-12-18-10-15(20-16)11-19-14-4-5-14/h6,10,12,14,19H,4-5,7-9,11H2,1-3H3. The summed E-state index contributed by atoms with van der Waals surface area (Å²) in [6.45, 7) is 9.69. The maximum Gasteiger partial charge on any atom is 0.147 e. The van der Waals surface area contributed by atoms with Gasteiger partial charge in [-0.3, -0.25) is 4.98 Å². The lowest BCUT2D eigenvalue weighted by Crippen LogP contribution is -2.32. The zero-order chi connectivity index (χ0) is 14.9. The van der Waals surface area contributed by atoms with Gasteiger partial charge in [-0.2, -0.15) is 0 Å².